The molecule has 0 aliphatic rings. The van der Waals surface area contributed by atoms with Crippen molar-refractivity contribution in [3.05, 3.63) is 76.3 Å². The zero-order valence-corrected chi connectivity index (χ0v) is 16.8. The lowest BCUT2D eigenvalue weighted by molar-refractivity contribution is -0.138. The van der Waals surface area contributed by atoms with E-state index < -0.39 is 17.7 Å². The molecule has 3 aromatic rings. The third kappa shape index (κ3) is 5.70. The van der Waals surface area contributed by atoms with Crippen molar-refractivity contribution >= 4 is 23.4 Å². The van der Waals surface area contributed by atoms with Gasteiger partial charge in [-0.25, -0.2) is 4.98 Å². The van der Waals surface area contributed by atoms with Crippen LogP contribution in [0.5, 0.6) is 5.75 Å². The van der Waals surface area contributed by atoms with Crippen molar-refractivity contribution in [1.29, 1.82) is 0 Å². The number of thiazole rings is 1. The lowest BCUT2D eigenvalue weighted by Gasteiger charge is -2.06. The van der Waals surface area contributed by atoms with Crippen LogP contribution < -0.4 is 4.74 Å². The molecule has 0 aliphatic heterocycles. The molecule has 3 rings (SSSR count). The number of hydrogen-bond acceptors (Lipinski definition) is 4. The highest BCUT2D eigenvalue weighted by molar-refractivity contribution is 7.15. The van der Waals surface area contributed by atoms with Crippen LogP contribution in [0.3, 0.4) is 0 Å². The van der Waals surface area contributed by atoms with Gasteiger partial charge in [0.2, 0.25) is 0 Å². The molecule has 156 valence electrons. The number of aromatic nitrogens is 1. The van der Waals surface area contributed by atoms with Gasteiger partial charge >= 0.3 is 12.1 Å². The van der Waals surface area contributed by atoms with E-state index in [1.165, 1.54) is 23.5 Å². The summed E-state index contributed by atoms with van der Waals surface area (Å²) in [6, 6.07) is 12.2. The van der Waals surface area contributed by atoms with E-state index in [0.717, 1.165) is 27.6 Å². The lowest BCUT2D eigenvalue weighted by atomic mass is 10.1. The van der Waals surface area contributed by atoms with Crippen molar-refractivity contribution in [1.82, 2.24) is 4.98 Å². The average Bonchev–Trinajstić information content (AvgIpc) is 3.05. The Bertz CT molecular complexity index is 1060. The topological polar surface area (TPSA) is 59.4 Å². The summed E-state index contributed by atoms with van der Waals surface area (Å²) in [5, 5.41) is 9.67. The van der Waals surface area contributed by atoms with E-state index >= 15 is 0 Å². The number of ether oxygens (including phenoxy) is 1. The Balaban J connectivity index is 1.62. The second kappa shape index (κ2) is 9.13. The molecule has 1 aromatic heterocycles. The molecular formula is C22H18F3NO3S. The van der Waals surface area contributed by atoms with Gasteiger partial charge in [-0.2, -0.15) is 13.2 Å². The second-order valence-corrected chi connectivity index (χ2v) is 7.66. The summed E-state index contributed by atoms with van der Waals surface area (Å²) in [6.07, 6.45) is -1.06. The van der Waals surface area contributed by atoms with E-state index in [2.05, 4.69) is 4.98 Å². The molecule has 0 amide bonds. The fraction of sp³-hybridized carbons (Fsp3) is 0.182. The van der Waals surface area contributed by atoms with Crippen LogP contribution in [-0.4, -0.2) is 22.7 Å². The molecule has 8 heteroatoms. The first-order chi connectivity index (χ1) is 14.2. The van der Waals surface area contributed by atoms with Crippen LogP contribution in [-0.2, 0) is 17.4 Å². The number of nitrogens with zero attached hydrogens (tertiary/aromatic N) is 1. The number of hydrogen-bond donors (Lipinski definition) is 1. The summed E-state index contributed by atoms with van der Waals surface area (Å²) >= 11 is 1.42. The number of alkyl halides is 3. The highest BCUT2D eigenvalue weighted by atomic mass is 32.1. The van der Waals surface area contributed by atoms with E-state index in [-0.39, 0.29) is 13.0 Å². The maximum atomic E-state index is 12.6. The molecule has 1 N–H and O–H groups in total. The number of aryl methyl sites for hydroxylation is 1. The molecule has 0 aliphatic carbocycles. The van der Waals surface area contributed by atoms with Gasteiger partial charge in [-0.05, 0) is 42.8 Å². The number of carbonyl (C=O) groups is 1. The number of halogens is 3. The van der Waals surface area contributed by atoms with Gasteiger partial charge in [0, 0.05) is 10.4 Å². The predicted molar refractivity (Wildman–Crippen MR) is 110 cm³/mol. The Hall–Kier alpha value is -3.13. The molecular weight excluding hydrogens is 415 g/mol. The van der Waals surface area contributed by atoms with Crippen LogP contribution in [0.4, 0.5) is 13.2 Å². The van der Waals surface area contributed by atoms with E-state index in [1.807, 2.05) is 25.1 Å². The maximum Gasteiger partial charge on any atom is 0.416 e. The van der Waals surface area contributed by atoms with Crippen molar-refractivity contribution in [3.63, 3.8) is 0 Å². The summed E-state index contributed by atoms with van der Waals surface area (Å²) in [7, 11) is 0. The molecule has 1 heterocycles. The first-order valence-electron chi connectivity index (χ1n) is 8.97. The molecule has 0 bridgehead atoms. The van der Waals surface area contributed by atoms with E-state index in [0.29, 0.717) is 17.0 Å². The summed E-state index contributed by atoms with van der Waals surface area (Å²) < 4.78 is 43.4. The molecule has 2 aromatic carbocycles. The molecule has 4 nitrogen and oxygen atoms in total. The van der Waals surface area contributed by atoms with E-state index in [1.54, 1.807) is 18.2 Å². The van der Waals surface area contributed by atoms with Gasteiger partial charge in [-0.3, -0.25) is 4.79 Å². The van der Waals surface area contributed by atoms with Crippen LogP contribution in [0.25, 0.3) is 16.6 Å². The lowest BCUT2D eigenvalue weighted by Crippen LogP contribution is -2.03. The number of benzene rings is 2. The summed E-state index contributed by atoms with van der Waals surface area (Å²) in [4.78, 5) is 16.2. The van der Waals surface area contributed by atoms with Gasteiger partial charge in [0.15, 0.2) is 0 Å². The Kier molecular flexibility index (Phi) is 6.56. The highest BCUT2D eigenvalue weighted by Gasteiger charge is 2.29. The summed E-state index contributed by atoms with van der Waals surface area (Å²) in [5.41, 5.74) is 1.33. The van der Waals surface area contributed by atoms with Crippen molar-refractivity contribution in [2.45, 2.75) is 19.5 Å². The number of carboxylic acids is 1. The zero-order chi connectivity index (χ0) is 21.7. The average molecular weight is 433 g/mol. The zero-order valence-electron chi connectivity index (χ0n) is 15.9. The van der Waals surface area contributed by atoms with Gasteiger partial charge < -0.3 is 9.84 Å². The van der Waals surface area contributed by atoms with Gasteiger partial charge in [-0.1, -0.05) is 30.3 Å². The van der Waals surface area contributed by atoms with Crippen LogP contribution in [0.15, 0.2) is 54.6 Å². The SMILES string of the molecule is Cc1sc(-c2cccc(OC/C=C/c3ccc(C(F)(F)F)cc3)c2)nc1CC(=O)O. The first kappa shape index (κ1) is 21.6. The van der Waals surface area contributed by atoms with Gasteiger partial charge in [-0.15, -0.1) is 11.3 Å². The number of carboxylic acid groups (broad SMARTS) is 1. The number of aliphatic carboxylic acids is 1. The molecule has 0 fully saturated rings. The Morgan fingerprint density at radius 1 is 1.20 bits per heavy atom. The molecule has 0 unspecified atom stereocenters. The first-order valence-corrected chi connectivity index (χ1v) is 9.79. The smallest absolute Gasteiger partial charge is 0.416 e. The van der Waals surface area contributed by atoms with Crippen molar-refractivity contribution in [3.8, 4) is 16.3 Å². The molecule has 0 radical (unpaired) electrons. The van der Waals surface area contributed by atoms with Crippen LogP contribution in [0, 0.1) is 6.92 Å². The van der Waals surface area contributed by atoms with Crippen LogP contribution in [0.2, 0.25) is 0 Å². The minimum Gasteiger partial charge on any atom is -0.490 e. The third-order valence-electron chi connectivity index (χ3n) is 4.19. The standard InChI is InChI=1S/C22H18F3NO3S/c1-14-19(13-20(27)28)26-21(30-14)16-5-2-6-18(12-16)29-11-3-4-15-7-9-17(10-8-15)22(23,24)25/h2-10,12H,11,13H2,1H3,(H,27,28)/b4-3+. The van der Waals surface area contributed by atoms with Crippen LogP contribution >= 0.6 is 11.3 Å². The predicted octanol–water partition coefficient (Wildman–Crippen LogP) is 5.86. The van der Waals surface area contributed by atoms with Gasteiger partial charge in [0.25, 0.3) is 0 Å². The highest BCUT2D eigenvalue weighted by Crippen LogP contribution is 2.31. The van der Waals surface area contributed by atoms with Gasteiger partial charge in [0.1, 0.15) is 17.4 Å². The fourth-order valence-corrected chi connectivity index (χ4v) is 3.62. The van der Waals surface area contributed by atoms with Crippen molar-refractivity contribution in [2.24, 2.45) is 0 Å². The molecule has 0 spiro atoms. The summed E-state index contributed by atoms with van der Waals surface area (Å²) in [6.45, 7) is 2.08. The Morgan fingerprint density at radius 3 is 2.60 bits per heavy atom. The Morgan fingerprint density at radius 2 is 1.93 bits per heavy atom. The Labute approximate surface area is 175 Å². The minimum atomic E-state index is -4.35. The largest absolute Gasteiger partial charge is 0.490 e. The third-order valence-corrected chi connectivity index (χ3v) is 5.25. The number of rotatable bonds is 7. The fourth-order valence-electron chi connectivity index (χ4n) is 2.69. The van der Waals surface area contributed by atoms with Crippen molar-refractivity contribution in [2.75, 3.05) is 6.61 Å². The summed E-state index contributed by atoms with van der Waals surface area (Å²) in [5.74, 6) is -0.316. The molecule has 30 heavy (non-hydrogen) atoms. The maximum absolute atomic E-state index is 12.6. The quantitative estimate of drug-likeness (QED) is 0.507. The van der Waals surface area contributed by atoms with E-state index in [9.17, 15) is 18.0 Å². The van der Waals surface area contributed by atoms with Crippen molar-refractivity contribution < 1.29 is 27.8 Å². The molecule has 0 saturated heterocycles. The molecule has 0 atom stereocenters. The molecule has 0 saturated carbocycles. The normalized spacial score (nSPS) is 11.7. The minimum absolute atomic E-state index is 0.118. The van der Waals surface area contributed by atoms with Gasteiger partial charge in [0.05, 0.1) is 17.7 Å². The van der Waals surface area contributed by atoms with E-state index in [4.69, 9.17) is 9.84 Å². The van der Waals surface area contributed by atoms with Crippen LogP contribution in [0.1, 0.15) is 21.7 Å². The monoisotopic (exact) mass is 433 g/mol. The second-order valence-electron chi connectivity index (χ2n) is 6.45.